The summed E-state index contributed by atoms with van der Waals surface area (Å²) in [5.41, 5.74) is 0.841. The Morgan fingerprint density at radius 2 is 2.39 bits per heavy atom. The summed E-state index contributed by atoms with van der Waals surface area (Å²) >= 11 is 5.94. The lowest BCUT2D eigenvalue weighted by Gasteiger charge is -2.10. The van der Waals surface area contributed by atoms with Gasteiger partial charge in [0.15, 0.2) is 0 Å². The molecule has 0 amide bonds. The smallest absolute Gasteiger partial charge is 0.139 e. The van der Waals surface area contributed by atoms with Crippen molar-refractivity contribution in [1.29, 1.82) is 0 Å². The molecule has 0 aliphatic carbocycles. The van der Waals surface area contributed by atoms with Crippen molar-refractivity contribution in [2.24, 2.45) is 0 Å². The Morgan fingerprint density at radius 1 is 1.56 bits per heavy atom. The van der Waals surface area contributed by atoms with E-state index in [-0.39, 0.29) is 11.9 Å². The van der Waals surface area contributed by atoms with Crippen LogP contribution >= 0.6 is 11.6 Å². The Morgan fingerprint density at radius 3 is 3.06 bits per heavy atom. The Labute approximate surface area is 112 Å². The van der Waals surface area contributed by atoms with Gasteiger partial charge in [-0.2, -0.15) is 0 Å². The lowest BCUT2D eigenvalue weighted by Crippen LogP contribution is -2.14. The molecule has 18 heavy (non-hydrogen) atoms. The molecule has 0 aromatic heterocycles. The molecule has 1 heterocycles. The molecule has 1 aromatic carbocycles. The number of carbonyl (C=O) groups excluding carboxylic acids is 1. The van der Waals surface area contributed by atoms with Crippen LogP contribution in [0.3, 0.4) is 0 Å². The molecule has 0 radical (unpaired) electrons. The third kappa shape index (κ3) is 3.47. The molecule has 4 heteroatoms. The average Bonchev–Trinajstić information content (AvgIpc) is 2.82. The first kappa shape index (κ1) is 13.4. The van der Waals surface area contributed by atoms with Gasteiger partial charge in [-0.05, 0) is 31.0 Å². The van der Waals surface area contributed by atoms with Gasteiger partial charge < -0.3 is 9.47 Å². The number of ketones is 1. The van der Waals surface area contributed by atoms with Gasteiger partial charge in [-0.15, -0.1) is 0 Å². The van der Waals surface area contributed by atoms with Crippen molar-refractivity contribution in [1.82, 2.24) is 0 Å². The van der Waals surface area contributed by atoms with Gasteiger partial charge in [0.05, 0.1) is 13.2 Å². The van der Waals surface area contributed by atoms with Crippen LogP contribution in [0.25, 0.3) is 0 Å². The minimum Gasteiger partial charge on any atom is -0.496 e. The second-order valence-electron chi connectivity index (χ2n) is 4.51. The summed E-state index contributed by atoms with van der Waals surface area (Å²) in [7, 11) is 1.59. The number of rotatable bonds is 5. The molecular formula is C14H17ClO3. The number of hydrogen-bond acceptors (Lipinski definition) is 3. The number of Topliss-reactive ketones (excluding diaryl/α,β-unsaturated/α-hetero) is 1. The molecule has 1 aliphatic heterocycles. The molecule has 0 bridgehead atoms. The van der Waals surface area contributed by atoms with E-state index in [0.717, 1.165) is 25.0 Å². The summed E-state index contributed by atoms with van der Waals surface area (Å²) in [6.45, 7) is 0.776. The summed E-state index contributed by atoms with van der Waals surface area (Å²) in [6, 6.07) is 5.33. The van der Waals surface area contributed by atoms with Gasteiger partial charge in [-0.3, -0.25) is 4.79 Å². The van der Waals surface area contributed by atoms with E-state index in [2.05, 4.69) is 0 Å². The predicted octanol–water partition coefficient (Wildman–Crippen LogP) is 3.03. The van der Waals surface area contributed by atoms with Crippen LogP contribution in [-0.2, 0) is 16.0 Å². The van der Waals surface area contributed by atoms with E-state index in [1.54, 1.807) is 25.3 Å². The molecule has 1 aromatic rings. The summed E-state index contributed by atoms with van der Waals surface area (Å²) in [5.74, 6) is 0.877. The van der Waals surface area contributed by atoms with Crippen LogP contribution in [0, 0.1) is 0 Å². The van der Waals surface area contributed by atoms with Gasteiger partial charge in [0, 0.05) is 30.0 Å². The first-order chi connectivity index (χ1) is 8.69. The standard InChI is InChI=1S/C14H17ClO3/c1-17-14-5-4-11(15)7-10(14)8-12(16)9-13-3-2-6-18-13/h4-5,7,13H,2-3,6,8-9H2,1H3. The van der Waals surface area contributed by atoms with Crippen LogP contribution in [0.5, 0.6) is 5.75 Å². The quantitative estimate of drug-likeness (QED) is 0.823. The zero-order chi connectivity index (χ0) is 13.0. The van der Waals surface area contributed by atoms with Crippen molar-refractivity contribution in [3.05, 3.63) is 28.8 Å². The van der Waals surface area contributed by atoms with Gasteiger partial charge in [0.1, 0.15) is 11.5 Å². The van der Waals surface area contributed by atoms with Gasteiger partial charge in [-0.1, -0.05) is 11.6 Å². The van der Waals surface area contributed by atoms with Crippen molar-refractivity contribution < 1.29 is 14.3 Å². The van der Waals surface area contributed by atoms with Crippen LogP contribution in [0.15, 0.2) is 18.2 Å². The van der Waals surface area contributed by atoms with Crippen molar-refractivity contribution in [2.45, 2.75) is 31.8 Å². The van der Waals surface area contributed by atoms with Gasteiger partial charge in [0.2, 0.25) is 0 Å². The van der Waals surface area contributed by atoms with Crippen LogP contribution < -0.4 is 4.74 Å². The average molecular weight is 269 g/mol. The van der Waals surface area contributed by atoms with Crippen LogP contribution in [0.1, 0.15) is 24.8 Å². The van der Waals surface area contributed by atoms with E-state index in [4.69, 9.17) is 21.1 Å². The summed E-state index contributed by atoms with van der Waals surface area (Å²) < 4.78 is 10.7. The number of hydrogen-bond donors (Lipinski definition) is 0. The monoisotopic (exact) mass is 268 g/mol. The first-order valence-electron chi connectivity index (χ1n) is 6.15. The van der Waals surface area contributed by atoms with Gasteiger partial charge >= 0.3 is 0 Å². The highest BCUT2D eigenvalue weighted by atomic mass is 35.5. The Kier molecular flexibility index (Phi) is 4.61. The molecule has 3 nitrogen and oxygen atoms in total. The van der Waals surface area contributed by atoms with Crippen molar-refractivity contribution >= 4 is 17.4 Å². The second kappa shape index (κ2) is 6.21. The third-order valence-electron chi connectivity index (χ3n) is 3.11. The molecule has 1 aliphatic rings. The normalized spacial score (nSPS) is 18.9. The second-order valence-corrected chi connectivity index (χ2v) is 4.95. The van der Waals surface area contributed by atoms with E-state index < -0.39 is 0 Å². The van der Waals surface area contributed by atoms with E-state index in [1.807, 2.05) is 0 Å². The lowest BCUT2D eigenvalue weighted by atomic mass is 10.0. The third-order valence-corrected chi connectivity index (χ3v) is 3.34. The predicted molar refractivity (Wildman–Crippen MR) is 70.3 cm³/mol. The number of methoxy groups -OCH3 is 1. The number of halogens is 1. The zero-order valence-corrected chi connectivity index (χ0v) is 11.2. The molecule has 0 N–H and O–H groups in total. The Bertz CT molecular complexity index is 425. The van der Waals surface area contributed by atoms with Crippen LogP contribution in [-0.4, -0.2) is 25.6 Å². The fourth-order valence-electron chi connectivity index (χ4n) is 2.23. The highest BCUT2D eigenvalue weighted by Gasteiger charge is 2.20. The highest BCUT2D eigenvalue weighted by molar-refractivity contribution is 6.30. The number of carbonyl (C=O) groups is 1. The minimum atomic E-state index is 0.0997. The maximum atomic E-state index is 12.0. The Hall–Kier alpha value is -1.06. The first-order valence-corrected chi connectivity index (χ1v) is 6.52. The molecular weight excluding hydrogens is 252 g/mol. The SMILES string of the molecule is COc1ccc(Cl)cc1CC(=O)CC1CCCO1. The highest BCUT2D eigenvalue weighted by Crippen LogP contribution is 2.24. The van der Waals surface area contributed by atoms with Gasteiger partial charge in [0.25, 0.3) is 0 Å². The molecule has 0 saturated carbocycles. The molecule has 98 valence electrons. The van der Waals surface area contributed by atoms with Crippen molar-refractivity contribution in [3.8, 4) is 5.75 Å². The topological polar surface area (TPSA) is 35.5 Å². The van der Waals surface area contributed by atoms with E-state index in [9.17, 15) is 4.79 Å². The number of ether oxygens (including phenoxy) is 2. The van der Waals surface area contributed by atoms with Gasteiger partial charge in [-0.25, -0.2) is 0 Å². The Balaban J connectivity index is 1.99. The molecule has 1 atom stereocenters. The summed E-state index contributed by atoms with van der Waals surface area (Å²) in [4.78, 5) is 12.0. The number of benzene rings is 1. The maximum Gasteiger partial charge on any atom is 0.139 e. The fourth-order valence-corrected chi connectivity index (χ4v) is 2.42. The lowest BCUT2D eigenvalue weighted by molar-refractivity contribution is -0.120. The largest absolute Gasteiger partial charge is 0.496 e. The van der Waals surface area contributed by atoms with Crippen LogP contribution in [0.2, 0.25) is 5.02 Å². The summed E-state index contributed by atoms with van der Waals surface area (Å²) in [6.07, 6.45) is 2.97. The van der Waals surface area contributed by atoms with E-state index in [0.29, 0.717) is 23.6 Å². The summed E-state index contributed by atoms with van der Waals surface area (Å²) in [5, 5.41) is 0.621. The molecule has 2 rings (SSSR count). The van der Waals surface area contributed by atoms with Crippen molar-refractivity contribution in [2.75, 3.05) is 13.7 Å². The fraction of sp³-hybridized carbons (Fsp3) is 0.500. The van der Waals surface area contributed by atoms with E-state index in [1.165, 1.54) is 0 Å². The van der Waals surface area contributed by atoms with Crippen LogP contribution in [0.4, 0.5) is 0 Å². The zero-order valence-electron chi connectivity index (χ0n) is 10.4. The molecule has 1 unspecified atom stereocenters. The minimum absolute atomic E-state index is 0.0997. The molecule has 1 fully saturated rings. The molecule has 0 spiro atoms. The van der Waals surface area contributed by atoms with Crippen molar-refractivity contribution in [3.63, 3.8) is 0 Å². The van der Waals surface area contributed by atoms with E-state index >= 15 is 0 Å². The maximum absolute atomic E-state index is 12.0. The molecule has 1 saturated heterocycles.